The van der Waals surface area contributed by atoms with E-state index in [4.69, 9.17) is 0 Å². The predicted molar refractivity (Wildman–Crippen MR) is 98.0 cm³/mol. The SMILES string of the molecule is COC(=O)c1ccc(NC(=O)c2csc(-c3ccc(C)cc3)n2)cc1. The Morgan fingerprint density at radius 3 is 2.36 bits per heavy atom. The molecule has 1 N–H and O–H groups in total. The van der Waals surface area contributed by atoms with E-state index in [-0.39, 0.29) is 5.91 Å². The van der Waals surface area contributed by atoms with Crippen LogP contribution in [0.5, 0.6) is 0 Å². The average molecular weight is 352 g/mol. The molecule has 0 fully saturated rings. The number of thiazole rings is 1. The van der Waals surface area contributed by atoms with Crippen molar-refractivity contribution in [2.75, 3.05) is 12.4 Å². The van der Waals surface area contributed by atoms with Gasteiger partial charge in [0, 0.05) is 16.6 Å². The summed E-state index contributed by atoms with van der Waals surface area (Å²) in [5.41, 5.74) is 3.53. The molecule has 1 heterocycles. The normalized spacial score (nSPS) is 10.3. The van der Waals surface area contributed by atoms with E-state index in [1.807, 2.05) is 31.2 Å². The van der Waals surface area contributed by atoms with Crippen LogP contribution >= 0.6 is 11.3 Å². The summed E-state index contributed by atoms with van der Waals surface area (Å²) in [5.74, 6) is -0.708. The first-order valence-corrected chi connectivity index (χ1v) is 8.47. The van der Waals surface area contributed by atoms with Crippen molar-refractivity contribution in [2.24, 2.45) is 0 Å². The van der Waals surface area contributed by atoms with Gasteiger partial charge in [0.15, 0.2) is 0 Å². The van der Waals surface area contributed by atoms with E-state index < -0.39 is 5.97 Å². The number of anilines is 1. The van der Waals surface area contributed by atoms with Gasteiger partial charge in [0.05, 0.1) is 12.7 Å². The van der Waals surface area contributed by atoms with Crippen molar-refractivity contribution in [1.29, 1.82) is 0 Å². The highest BCUT2D eigenvalue weighted by molar-refractivity contribution is 7.13. The van der Waals surface area contributed by atoms with E-state index in [0.29, 0.717) is 16.9 Å². The number of hydrogen-bond donors (Lipinski definition) is 1. The van der Waals surface area contributed by atoms with E-state index >= 15 is 0 Å². The molecule has 0 aliphatic heterocycles. The lowest BCUT2D eigenvalue weighted by atomic mass is 10.2. The zero-order valence-corrected chi connectivity index (χ0v) is 14.6. The molecule has 0 aliphatic rings. The Balaban J connectivity index is 1.71. The lowest BCUT2D eigenvalue weighted by Gasteiger charge is -2.04. The number of benzene rings is 2. The van der Waals surface area contributed by atoms with E-state index in [9.17, 15) is 9.59 Å². The highest BCUT2D eigenvalue weighted by Crippen LogP contribution is 2.24. The molecule has 1 aromatic heterocycles. The van der Waals surface area contributed by atoms with Crippen molar-refractivity contribution in [1.82, 2.24) is 4.98 Å². The highest BCUT2D eigenvalue weighted by Gasteiger charge is 2.13. The quantitative estimate of drug-likeness (QED) is 0.716. The average Bonchev–Trinajstić information content (AvgIpc) is 3.12. The van der Waals surface area contributed by atoms with E-state index in [1.165, 1.54) is 24.0 Å². The number of carbonyl (C=O) groups excluding carboxylic acids is 2. The molecule has 0 bridgehead atoms. The van der Waals surface area contributed by atoms with Crippen LogP contribution in [0.4, 0.5) is 5.69 Å². The molecule has 25 heavy (non-hydrogen) atoms. The number of aryl methyl sites for hydroxylation is 1. The number of methoxy groups -OCH3 is 1. The number of hydrogen-bond acceptors (Lipinski definition) is 5. The van der Waals surface area contributed by atoms with Crippen molar-refractivity contribution < 1.29 is 14.3 Å². The van der Waals surface area contributed by atoms with Crippen LogP contribution in [0.25, 0.3) is 10.6 Å². The Morgan fingerprint density at radius 1 is 1.04 bits per heavy atom. The highest BCUT2D eigenvalue weighted by atomic mass is 32.1. The molecule has 5 nitrogen and oxygen atoms in total. The number of ether oxygens (including phenoxy) is 1. The third kappa shape index (κ3) is 3.92. The maximum Gasteiger partial charge on any atom is 0.337 e. The van der Waals surface area contributed by atoms with Crippen LogP contribution in [0, 0.1) is 6.92 Å². The summed E-state index contributed by atoms with van der Waals surface area (Å²) in [4.78, 5) is 28.1. The molecule has 0 aliphatic carbocycles. The minimum Gasteiger partial charge on any atom is -0.465 e. The van der Waals surface area contributed by atoms with Gasteiger partial charge in [-0.25, -0.2) is 9.78 Å². The van der Waals surface area contributed by atoms with Gasteiger partial charge in [-0.05, 0) is 31.2 Å². The number of rotatable bonds is 4. The van der Waals surface area contributed by atoms with Crippen molar-refractivity contribution in [3.8, 4) is 10.6 Å². The Labute approximate surface area is 149 Å². The minimum atomic E-state index is -0.417. The predicted octanol–water partition coefficient (Wildman–Crippen LogP) is 4.16. The van der Waals surface area contributed by atoms with Crippen LogP contribution in [-0.2, 0) is 4.74 Å². The third-order valence-corrected chi connectivity index (χ3v) is 4.49. The summed E-state index contributed by atoms with van der Waals surface area (Å²) in [7, 11) is 1.33. The zero-order valence-electron chi connectivity index (χ0n) is 13.8. The smallest absolute Gasteiger partial charge is 0.337 e. The zero-order chi connectivity index (χ0) is 17.8. The molecule has 0 atom stereocenters. The number of carbonyl (C=O) groups is 2. The molecule has 3 aromatic rings. The van der Waals surface area contributed by atoms with Crippen LogP contribution in [0.1, 0.15) is 26.4 Å². The lowest BCUT2D eigenvalue weighted by Crippen LogP contribution is -2.12. The summed E-state index contributed by atoms with van der Waals surface area (Å²) in [6.07, 6.45) is 0. The first kappa shape index (κ1) is 16.9. The van der Waals surface area contributed by atoms with Gasteiger partial charge >= 0.3 is 5.97 Å². The molecule has 0 saturated heterocycles. The van der Waals surface area contributed by atoms with E-state index in [0.717, 1.165) is 10.6 Å². The summed E-state index contributed by atoms with van der Waals surface area (Å²) >= 11 is 1.42. The van der Waals surface area contributed by atoms with Crippen LogP contribution < -0.4 is 5.32 Å². The van der Waals surface area contributed by atoms with Gasteiger partial charge in [0.2, 0.25) is 0 Å². The second-order valence-corrected chi connectivity index (χ2v) is 6.29. The Bertz CT molecular complexity index is 899. The Kier molecular flexibility index (Phi) is 4.90. The third-order valence-electron chi connectivity index (χ3n) is 3.60. The minimum absolute atomic E-state index is 0.291. The van der Waals surface area contributed by atoms with Gasteiger partial charge < -0.3 is 10.1 Å². The Morgan fingerprint density at radius 2 is 1.72 bits per heavy atom. The molecule has 126 valence electrons. The van der Waals surface area contributed by atoms with Crippen LogP contribution in [-0.4, -0.2) is 24.0 Å². The van der Waals surface area contributed by atoms with Crippen LogP contribution in [0.3, 0.4) is 0 Å². The lowest BCUT2D eigenvalue weighted by molar-refractivity contribution is 0.0600. The molecule has 0 unspecified atom stereocenters. The second kappa shape index (κ2) is 7.27. The van der Waals surface area contributed by atoms with Gasteiger partial charge in [-0.2, -0.15) is 0 Å². The van der Waals surface area contributed by atoms with Gasteiger partial charge in [0.25, 0.3) is 5.91 Å². The standard InChI is InChI=1S/C19H16N2O3S/c1-12-3-5-13(6-4-12)18-21-16(11-25-18)17(22)20-15-9-7-14(8-10-15)19(23)24-2/h3-11H,1-2H3,(H,20,22). The van der Waals surface area contributed by atoms with Gasteiger partial charge in [0.1, 0.15) is 10.7 Å². The van der Waals surface area contributed by atoms with Gasteiger partial charge in [-0.15, -0.1) is 11.3 Å². The van der Waals surface area contributed by atoms with Crippen molar-refractivity contribution >= 4 is 28.9 Å². The maximum atomic E-state index is 12.3. The molecular formula is C19H16N2O3S. The number of amides is 1. The van der Waals surface area contributed by atoms with Gasteiger partial charge in [-0.3, -0.25) is 4.79 Å². The fourth-order valence-corrected chi connectivity index (χ4v) is 3.02. The molecule has 0 radical (unpaired) electrons. The van der Waals surface area contributed by atoms with E-state index in [1.54, 1.807) is 29.6 Å². The van der Waals surface area contributed by atoms with Crippen molar-refractivity contribution in [3.05, 3.63) is 70.7 Å². The summed E-state index contributed by atoms with van der Waals surface area (Å²) in [6, 6.07) is 14.5. The second-order valence-electron chi connectivity index (χ2n) is 5.43. The molecule has 0 spiro atoms. The molecule has 6 heteroatoms. The number of esters is 1. The van der Waals surface area contributed by atoms with Gasteiger partial charge in [-0.1, -0.05) is 29.8 Å². The monoisotopic (exact) mass is 352 g/mol. The first-order valence-electron chi connectivity index (χ1n) is 7.59. The summed E-state index contributed by atoms with van der Waals surface area (Å²) in [6.45, 7) is 2.02. The number of nitrogens with one attached hydrogen (secondary N) is 1. The number of aromatic nitrogens is 1. The first-order chi connectivity index (χ1) is 12.1. The number of nitrogens with zero attached hydrogens (tertiary/aromatic N) is 1. The van der Waals surface area contributed by atoms with Crippen LogP contribution in [0.15, 0.2) is 53.9 Å². The fraction of sp³-hybridized carbons (Fsp3) is 0.105. The summed E-state index contributed by atoms with van der Waals surface area (Å²) < 4.78 is 4.64. The fourth-order valence-electron chi connectivity index (χ4n) is 2.21. The topological polar surface area (TPSA) is 68.3 Å². The van der Waals surface area contributed by atoms with Crippen LogP contribution in [0.2, 0.25) is 0 Å². The van der Waals surface area contributed by atoms with E-state index in [2.05, 4.69) is 15.0 Å². The van der Waals surface area contributed by atoms with Crippen molar-refractivity contribution in [3.63, 3.8) is 0 Å². The molecular weight excluding hydrogens is 336 g/mol. The summed E-state index contributed by atoms with van der Waals surface area (Å²) in [5, 5.41) is 5.30. The molecule has 2 aromatic carbocycles. The molecule has 0 saturated carbocycles. The molecule has 3 rings (SSSR count). The maximum absolute atomic E-state index is 12.3. The molecule has 1 amide bonds. The van der Waals surface area contributed by atoms with Crippen molar-refractivity contribution in [2.45, 2.75) is 6.92 Å². The Hall–Kier alpha value is -2.99. The largest absolute Gasteiger partial charge is 0.465 e.